The molecule has 0 spiro atoms. The lowest BCUT2D eigenvalue weighted by Crippen LogP contribution is -2.45. The van der Waals surface area contributed by atoms with Crippen molar-refractivity contribution in [2.45, 2.75) is 96.4 Å². The maximum Gasteiger partial charge on any atom is 0.341 e. The second-order valence-electron chi connectivity index (χ2n) is 12.5. The molecule has 2 amide bonds. The Kier molecular flexibility index (Phi) is 12.3. The number of anilines is 1. The second-order valence-corrected chi connectivity index (χ2v) is 13.8. The van der Waals surface area contributed by atoms with Gasteiger partial charge in [-0.2, -0.15) is 0 Å². The number of carbonyl (C=O) groups excluding carboxylic acids is 3. The molecule has 0 aliphatic carbocycles. The van der Waals surface area contributed by atoms with Gasteiger partial charge in [0.25, 0.3) is 0 Å². The molecule has 232 valence electrons. The van der Waals surface area contributed by atoms with Gasteiger partial charge >= 0.3 is 16.4 Å². The molecule has 0 saturated heterocycles. The molecular formula is C33H46Cl2N2O5. The third kappa shape index (κ3) is 9.91. The van der Waals surface area contributed by atoms with E-state index >= 15 is 0 Å². The van der Waals surface area contributed by atoms with Crippen LogP contribution < -0.4 is 15.4 Å². The Bertz CT molecular complexity index is 1230. The van der Waals surface area contributed by atoms with Gasteiger partial charge in [0.2, 0.25) is 5.91 Å². The van der Waals surface area contributed by atoms with Crippen molar-refractivity contribution >= 4 is 46.7 Å². The third-order valence-electron chi connectivity index (χ3n) is 7.86. The minimum Gasteiger partial charge on any atom is -0.493 e. The van der Waals surface area contributed by atoms with Crippen LogP contribution in [0.15, 0.2) is 48.5 Å². The number of benzene rings is 2. The van der Waals surface area contributed by atoms with Crippen LogP contribution >= 0.6 is 23.2 Å². The molecule has 0 bridgehead atoms. The lowest BCUT2D eigenvalue weighted by Gasteiger charge is -2.30. The van der Waals surface area contributed by atoms with Crippen molar-refractivity contribution in [2.75, 3.05) is 18.5 Å². The van der Waals surface area contributed by atoms with Crippen LogP contribution in [0.25, 0.3) is 0 Å². The number of nitrogens with one attached hydrogen (secondary N) is 2. The van der Waals surface area contributed by atoms with Crippen LogP contribution in [0.5, 0.6) is 5.75 Å². The van der Waals surface area contributed by atoms with E-state index in [2.05, 4.69) is 64.3 Å². The summed E-state index contributed by atoms with van der Waals surface area (Å²) in [6.07, 6.45) is 2.71. The Morgan fingerprint density at radius 2 is 1.48 bits per heavy atom. The number of hydrogen-bond donors (Lipinski definition) is 2. The summed E-state index contributed by atoms with van der Waals surface area (Å²) < 4.78 is 8.83. The zero-order chi connectivity index (χ0) is 31.8. The number of amides is 2. The molecule has 7 nitrogen and oxygen atoms in total. The molecule has 0 radical (unpaired) electrons. The molecule has 2 aromatic rings. The molecule has 0 aromatic heterocycles. The normalized spacial score (nSPS) is 12.4. The van der Waals surface area contributed by atoms with Crippen LogP contribution in [0.4, 0.5) is 5.69 Å². The highest BCUT2D eigenvalue weighted by molar-refractivity contribution is 6.58. The molecule has 0 heterocycles. The molecule has 0 aliphatic heterocycles. The molecular weight excluding hydrogens is 575 g/mol. The Labute approximate surface area is 261 Å². The van der Waals surface area contributed by atoms with Gasteiger partial charge in [-0.05, 0) is 90.9 Å². The van der Waals surface area contributed by atoms with Gasteiger partial charge in [-0.25, -0.2) is 0 Å². The molecule has 0 unspecified atom stereocenters. The maximum atomic E-state index is 12.8. The number of esters is 1. The molecule has 2 N–H and O–H groups in total. The van der Waals surface area contributed by atoms with Crippen LogP contribution in [0.3, 0.4) is 0 Å². The summed E-state index contributed by atoms with van der Waals surface area (Å²) in [6.45, 7) is 16.8. The van der Waals surface area contributed by atoms with Crippen LogP contribution in [0.1, 0.15) is 92.2 Å². The van der Waals surface area contributed by atoms with Gasteiger partial charge in [-0.15, -0.1) is 0 Å². The topological polar surface area (TPSA) is 93.7 Å². The van der Waals surface area contributed by atoms with Crippen molar-refractivity contribution < 1.29 is 23.9 Å². The summed E-state index contributed by atoms with van der Waals surface area (Å²) in [6, 6.07) is 14.9. The highest BCUT2D eigenvalue weighted by Crippen LogP contribution is 2.38. The summed E-state index contributed by atoms with van der Waals surface area (Å²) >= 11 is 12.1. The summed E-state index contributed by atoms with van der Waals surface area (Å²) in [7, 11) is 0. The highest BCUT2D eigenvalue weighted by atomic mass is 35.5. The number of para-hydroxylation sites is 1. The van der Waals surface area contributed by atoms with Gasteiger partial charge in [-0.3, -0.25) is 14.4 Å². The molecule has 0 saturated carbocycles. The molecule has 0 atom stereocenters. The Hall–Kier alpha value is -2.77. The van der Waals surface area contributed by atoms with E-state index in [9.17, 15) is 14.4 Å². The van der Waals surface area contributed by atoms with E-state index in [0.29, 0.717) is 18.7 Å². The number of rotatable bonds is 15. The van der Waals surface area contributed by atoms with Crippen molar-refractivity contribution in [3.8, 4) is 5.75 Å². The largest absolute Gasteiger partial charge is 0.493 e. The number of alkyl halides is 2. The molecule has 9 heteroatoms. The van der Waals surface area contributed by atoms with Gasteiger partial charge in [-0.1, -0.05) is 71.9 Å². The SMILES string of the molecule is CCC(C)(C)c1ccc(OCCCC(=O)NCC(C)(C)C(=O)OC(Cl)(Cl)C(=O)Nc2ccccc2)c(C(C)(C)CC)c1. The second kappa shape index (κ2) is 14.6. The van der Waals surface area contributed by atoms with Gasteiger partial charge < -0.3 is 20.1 Å². The van der Waals surface area contributed by atoms with Crippen molar-refractivity contribution in [3.05, 3.63) is 59.7 Å². The Balaban J connectivity index is 1.89. The van der Waals surface area contributed by atoms with Crippen LogP contribution in [0.2, 0.25) is 0 Å². The number of ether oxygens (including phenoxy) is 2. The predicted octanol–water partition coefficient (Wildman–Crippen LogP) is 7.68. The van der Waals surface area contributed by atoms with E-state index in [1.54, 1.807) is 44.2 Å². The smallest absolute Gasteiger partial charge is 0.341 e. The summed E-state index contributed by atoms with van der Waals surface area (Å²) in [4.78, 5) is 37.8. The first-order valence-corrected chi connectivity index (χ1v) is 15.2. The summed E-state index contributed by atoms with van der Waals surface area (Å²) in [5.41, 5.74) is 1.72. The van der Waals surface area contributed by atoms with Gasteiger partial charge in [0.05, 0.1) is 12.0 Å². The quantitative estimate of drug-likeness (QED) is 0.121. The van der Waals surface area contributed by atoms with E-state index in [-0.39, 0.29) is 29.7 Å². The van der Waals surface area contributed by atoms with E-state index in [4.69, 9.17) is 32.7 Å². The third-order valence-corrected chi connectivity index (χ3v) is 8.36. The number of halogens is 2. The minimum atomic E-state index is -2.44. The number of hydrogen-bond acceptors (Lipinski definition) is 5. The molecule has 2 rings (SSSR count). The van der Waals surface area contributed by atoms with Gasteiger partial charge in [0, 0.05) is 24.2 Å². The van der Waals surface area contributed by atoms with Gasteiger partial charge in [0.1, 0.15) is 5.75 Å². The standard InChI is InChI=1S/C33H46Cl2N2O5/c1-9-30(3,4)23-18-19-26(25(21-23)31(5,6)10-2)41-20-14-17-27(38)36-22-32(7,8)29(40)42-33(34,35)28(39)37-24-15-12-11-13-16-24/h11-13,15-16,18-19,21H,9-10,14,17,20,22H2,1-8H3,(H,36,38)(H,37,39). The summed E-state index contributed by atoms with van der Waals surface area (Å²) in [5, 5.41) is 5.25. The lowest BCUT2D eigenvalue weighted by atomic mass is 9.76. The zero-order valence-corrected chi connectivity index (χ0v) is 27.7. The van der Waals surface area contributed by atoms with Crippen LogP contribution in [0, 0.1) is 5.41 Å². The first kappa shape index (κ1) is 35.4. The lowest BCUT2D eigenvalue weighted by molar-refractivity contribution is -0.161. The van der Waals surface area contributed by atoms with E-state index in [1.165, 1.54) is 11.1 Å². The average molecular weight is 622 g/mol. The first-order chi connectivity index (χ1) is 19.4. The summed E-state index contributed by atoms with van der Waals surface area (Å²) in [5.74, 6) is -1.14. The average Bonchev–Trinajstić information content (AvgIpc) is 2.94. The Morgan fingerprint density at radius 1 is 0.857 bits per heavy atom. The fraction of sp³-hybridized carbons (Fsp3) is 0.545. The van der Waals surface area contributed by atoms with Crippen molar-refractivity contribution in [3.63, 3.8) is 0 Å². The molecule has 2 aromatic carbocycles. The highest BCUT2D eigenvalue weighted by Gasteiger charge is 2.43. The molecule has 42 heavy (non-hydrogen) atoms. The monoisotopic (exact) mass is 620 g/mol. The fourth-order valence-electron chi connectivity index (χ4n) is 3.92. The fourth-order valence-corrected chi connectivity index (χ4v) is 4.16. The van der Waals surface area contributed by atoms with E-state index < -0.39 is 21.8 Å². The Morgan fingerprint density at radius 3 is 2.07 bits per heavy atom. The zero-order valence-electron chi connectivity index (χ0n) is 26.2. The van der Waals surface area contributed by atoms with E-state index in [0.717, 1.165) is 18.6 Å². The van der Waals surface area contributed by atoms with Gasteiger partial charge in [0.15, 0.2) is 0 Å². The maximum absolute atomic E-state index is 12.8. The number of carbonyl (C=O) groups is 3. The minimum absolute atomic E-state index is 0.0286. The van der Waals surface area contributed by atoms with Crippen molar-refractivity contribution in [1.29, 1.82) is 0 Å². The van der Waals surface area contributed by atoms with Crippen molar-refractivity contribution in [1.82, 2.24) is 5.32 Å². The molecule has 0 aliphatic rings. The van der Waals surface area contributed by atoms with Crippen LogP contribution in [-0.4, -0.2) is 35.5 Å². The van der Waals surface area contributed by atoms with E-state index in [1.807, 2.05) is 6.07 Å². The molecule has 0 fully saturated rings. The van der Waals surface area contributed by atoms with Crippen molar-refractivity contribution in [2.24, 2.45) is 5.41 Å². The first-order valence-electron chi connectivity index (χ1n) is 14.5. The predicted molar refractivity (Wildman–Crippen MR) is 170 cm³/mol. The van der Waals surface area contributed by atoms with Crippen LogP contribution in [-0.2, 0) is 30.0 Å².